The molecule has 0 amide bonds. The Bertz CT molecular complexity index is 370. The van der Waals surface area contributed by atoms with Crippen LogP contribution in [0.3, 0.4) is 0 Å². The summed E-state index contributed by atoms with van der Waals surface area (Å²) in [6, 6.07) is 6.80. The summed E-state index contributed by atoms with van der Waals surface area (Å²) in [6.45, 7) is 5.35. The van der Waals surface area contributed by atoms with Crippen molar-refractivity contribution in [3.05, 3.63) is 22.7 Å². The number of nitrogens with zero attached hydrogens (tertiary/aromatic N) is 1. The van der Waals surface area contributed by atoms with E-state index in [1.165, 1.54) is 5.69 Å². The zero-order chi connectivity index (χ0) is 11.5. The van der Waals surface area contributed by atoms with Crippen LogP contribution in [0.5, 0.6) is 5.75 Å². The maximum absolute atomic E-state index is 5.31. The third kappa shape index (κ3) is 2.50. The Hall–Kier alpha value is -0.740. The van der Waals surface area contributed by atoms with Gasteiger partial charge in [0.15, 0.2) is 0 Å². The molecule has 1 atom stereocenters. The molecule has 0 radical (unpaired) electrons. The fourth-order valence-electron chi connectivity index (χ4n) is 2.01. The van der Waals surface area contributed by atoms with Crippen LogP contribution in [0.15, 0.2) is 22.7 Å². The minimum absolute atomic E-state index is 0.545. The lowest BCUT2D eigenvalue weighted by atomic mass is 10.2. The Balaban J connectivity index is 2.19. The third-order valence-electron chi connectivity index (χ3n) is 2.87. The Morgan fingerprint density at radius 2 is 2.31 bits per heavy atom. The van der Waals surface area contributed by atoms with Crippen molar-refractivity contribution in [3.63, 3.8) is 0 Å². The summed E-state index contributed by atoms with van der Waals surface area (Å²) in [5, 5.41) is 3.44. The quantitative estimate of drug-likeness (QED) is 0.902. The molecule has 3 nitrogen and oxygen atoms in total. The van der Waals surface area contributed by atoms with Crippen molar-refractivity contribution < 1.29 is 4.74 Å². The molecule has 1 N–H and O–H groups in total. The number of rotatable bonds is 2. The second kappa shape index (κ2) is 5.06. The predicted octanol–water partition coefficient (Wildman–Crippen LogP) is 2.26. The lowest BCUT2D eigenvalue weighted by Gasteiger charge is -2.33. The summed E-state index contributed by atoms with van der Waals surface area (Å²) >= 11 is 3.47. The smallest absolute Gasteiger partial charge is 0.135 e. The van der Waals surface area contributed by atoms with E-state index in [2.05, 4.69) is 45.2 Å². The van der Waals surface area contributed by atoms with Gasteiger partial charge in [-0.3, -0.25) is 0 Å². The average molecular weight is 285 g/mol. The van der Waals surface area contributed by atoms with Gasteiger partial charge >= 0.3 is 0 Å². The van der Waals surface area contributed by atoms with E-state index in [4.69, 9.17) is 4.74 Å². The first-order chi connectivity index (χ1) is 7.70. The van der Waals surface area contributed by atoms with Gasteiger partial charge in [0.2, 0.25) is 0 Å². The van der Waals surface area contributed by atoms with Crippen LogP contribution in [0.4, 0.5) is 5.69 Å². The molecule has 1 saturated heterocycles. The molecule has 0 unspecified atom stereocenters. The summed E-state index contributed by atoms with van der Waals surface area (Å²) in [6.07, 6.45) is 0. The maximum atomic E-state index is 5.31. The molecule has 0 spiro atoms. The number of methoxy groups -OCH3 is 1. The Kier molecular flexibility index (Phi) is 3.71. The van der Waals surface area contributed by atoms with Crippen LogP contribution in [-0.4, -0.2) is 32.8 Å². The highest BCUT2D eigenvalue weighted by atomic mass is 79.9. The van der Waals surface area contributed by atoms with Gasteiger partial charge in [-0.25, -0.2) is 0 Å². The van der Waals surface area contributed by atoms with Crippen LogP contribution in [0.1, 0.15) is 6.92 Å². The fraction of sp³-hybridized carbons (Fsp3) is 0.500. The third-order valence-corrected chi connectivity index (χ3v) is 3.52. The van der Waals surface area contributed by atoms with Gasteiger partial charge in [0, 0.05) is 37.4 Å². The summed E-state index contributed by atoms with van der Waals surface area (Å²) < 4.78 is 6.32. The van der Waals surface area contributed by atoms with Gasteiger partial charge in [-0.1, -0.05) is 0 Å². The number of ether oxygens (including phenoxy) is 1. The van der Waals surface area contributed by atoms with Gasteiger partial charge in [0.25, 0.3) is 0 Å². The normalized spacial score (nSPS) is 20.9. The van der Waals surface area contributed by atoms with E-state index in [9.17, 15) is 0 Å². The van der Waals surface area contributed by atoms with Crippen LogP contribution in [-0.2, 0) is 0 Å². The molecule has 0 aromatic heterocycles. The molecular formula is C12H17BrN2O. The van der Waals surface area contributed by atoms with E-state index < -0.39 is 0 Å². The molecule has 1 aromatic rings. The monoisotopic (exact) mass is 284 g/mol. The minimum Gasteiger partial charge on any atom is -0.495 e. The number of halogens is 1. The van der Waals surface area contributed by atoms with E-state index in [1.807, 2.05) is 6.07 Å². The Morgan fingerprint density at radius 3 is 3.00 bits per heavy atom. The van der Waals surface area contributed by atoms with Gasteiger partial charge < -0.3 is 15.0 Å². The number of anilines is 1. The molecular weight excluding hydrogens is 268 g/mol. The highest BCUT2D eigenvalue weighted by Crippen LogP contribution is 2.30. The standard InChI is InChI=1S/C12H17BrN2O/c1-9-8-15(6-5-14-9)10-3-4-11(13)12(7-10)16-2/h3-4,7,9,14H,5-6,8H2,1-2H3/t9-/m0/s1. The van der Waals surface area contributed by atoms with Crippen molar-refractivity contribution in [2.75, 3.05) is 31.6 Å². The van der Waals surface area contributed by atoms with E-state index in [0.717, 1.165) is 29.9 Å². The van der Waals surface area contributed by atoms with Gasteiger partial charge in [0.05, 0.1) is 11.6 Å². The van der Waals surface area contributed by atoms with Crippen molar-refractivity contribution in [1.82, 2.24) is 5.32 Å². The molecule has 2 rings (SSSR count). The van der Waals surface area contributed by atoms with Crippen LogP contribution in [0.2, 0.25) is 0 Å². The second-order valence-corrected chi connectivity index (χ2v) is 4.97. The molecule has 1 heterocycles. The lowest BCUT2D eigenvalue weighted by molar-refractivity contribution is 0.411. The maximum Gasteiger partial charge on any atom is 0.135 e. The fourth-order valence-corrected chi connectivity index (χ4v) is 2.42. The van der Waals surface area contributed by atoms with Crippen LogP contribution >= 0.6 is 15.9 Å². The molecule has 88 valence electrons. The molecule has 1 aliphatic heterocycles. The van der Waals surface area contributed by atoms with E-state index in [1.54, 1.807) is 7.11 Å². The van der Waals surface area contributed by atoms with Crippen molar-refractivity contribution in [3.8, 4) is 5.75 Å². The molecule has 1 aromatic carbocycles. The van der Waals surface area contributed by atoms with Crippen molar-refractivity contribution in [2.45, 2.75) is 13.0 Å². The zero-order valence-electron chi connectivity index (χ0n) is 9.66. The summed E-state index contributed by atoms with van der Waals surface area (Å²) in [7, 11) is 1.70. The summed E-state index contributed by atoms with van der Waals surface area (Å²) in [5.74, 6) is 0.892. The van der Waals surface area contributed by atoms with Crippen molar-refractivity contribution in [1.29, 1.82) is 0 Å². The van der Waals surface area contributed by atoms with Gasteiger partial charge in [-0.2, -0.15) is 0 Å². The molecule has 1 fully saturated rings. The minimum atomic E-state index is 0.545. The van der Waals surface area contributed by atoms with Gasteiger partial charge in [-0.15, -0.1) is 0 Å². The van der Waals surface area contributed by atoms with E-state index >= 15 is 0 Å². The predicted molar refractivity (Wildman–Crippen MR) is 70.4 cm³/mol. The molecule has 0 saturated carbocycles. The summed E-state index contributed by atoms with van der Waals surface area (Å²) in [5.41, 5.74) is 1.23. The molecule has 4 heteroatoms. The molecule has 1 aliphatic rings. The highest BCUT2D eigenvalue weighted by Gasteiger charge is 2.16. The van der Waals surface area contributed by atoms with E-state index in [-0.39, 0.29) is 0 Å². The highest BCUT2D eigenvalue weighted by molar-refractivity contribution is 9.10. The first-order valence-corrected chi connectivity index (χ1v) is 6.32. The van der Waals surface area contributed by atoms with Gasteiger partial charge in [0.1, 0.15) is 5.75 Å². The molecule has 0 aliphatic carbocycles. The van der Waals surface area contributed by atoms with Crippen molar-refractivity contribution in [2.24, 2.45) is 0 Å². The van der Waals surface area contributed by atoms with Crippen LogP contribution in [0, 0.1) is 0 Å². The average Bonchev–Trinajstić information content (AvgIpc) is 2.29. The first-order valence-electron chi connectivity index (χ1n) is 5.52. The van der Waals surface area contributed by atoms with Gasteiger partial charge in [-0.05, 0) is 35.0 Å². The largest absolute Gasteiger partial charge is 0.495 e. The first kappa shape index (κ1) is 11.7. The van der Waals surface area contributed by atoms with Crippen LogP contribution < -0.4 is 15.0 Å². The molecule has 16 heavy (non-hydrogen) atoms. The SMILES string of the molecule is COc1cc(N2CCN[C@@H](C)C2)ccc1Br. The van der Waals surface area contributed by atoms with Crippen LogP contribution in [0.25, 0.3) is 0 Å². The number of benzene rings is 1. The van der Waals surface area contributed by atoms with Crippen molar-refractivity contribution >= 4 is 21.6 Å². The number of piperazine rings is 1. The van der Waals surface area contributed by atoms with E-state index in [0.29, 0.717) is 6.04 Å². The second-order valence-electron chi connectivity index (χ2n) is 4.12. The summed E-state index contributed by atoms with van der Waals surface area (Å²) in [4.78, 5) is 2.39. The number of hydrogen-bond donors (Lipinski definition) is 1. The number of nitrogens with one attached hydrogen (secondary N) is 1. The zero-order valence-corrected chi connectivity index (χ0v) is 11.3. The Morgan fingerprint density at radius 1 is 1.50 bits per heavy atom. The number of hydrogen-bond acceptors (Lipinski definition) is 3. The topological polar surface area (TPSA) is 24.5 Å². The molecule has 0 bridgehead atoms. The lowest BCUT2D eigenvalue weighted by Crippen LogP contribution is -2.49. The Labute approximate surface area is 105 Å².